The molecule has 2 amide bonds. The smallest absolute Gasteiger partial charge is 0.229 e. The number of hydrogen-bond donors (Lipinski definition) is 1. The van der Waals surface area contributed by atoms with Crippen LogP contribution in [-0.2, 0) is 16.1 Å². The van der Waals surface area contributed by atoms with Crippen LogP contribution in [0.1, 0.15) is 12.2 Å². The molecule has 3 rings (SSSR count). The molecule has 0 unspecified atom stereocenters. The highest BCUT2D eigenvalue weighted by Gasteiger charge is 2.34. The fourth-order valence-electron chi connectivity index (χ4n) is 2.46. The standard InChI is InChI=1S/C16H16N2O3/c19-15-9-12(10-18(15)11-14-7-4-8-21-14)16(20)17-13-5-2-1-3-6-13/h1-8,12H,9-11H2,(H,17,20)/t12-/m0/s1. The van der Waals surface area contributed by atoms with E-state index < -0.39 is 0 Å². The number of rotatable bonds is 4. The Hall–Kier alpha value is -2.56. The number of amides is 2. The van der Waals surface area contributed by atoms with Gasteiger partial charge in [-0.2, -0.15) is 0 Å². The first kappa shape index (κ1) is 13.4. The minimum absolute atomic E-state index is 0.0142. The predicted octanol–water partition coefficient (Wildman–Crippen LogP) is 2.27. The van der Waals surface area contributed by atoms with Crippen molar-refractivity contribution < 1.29 is 14.0 Å². The van der Waals surface area contributed by atoms with Gasteiger partial charge in [-0.25, -0.2) is 0 Å². The zero-order valence-electron chi connectivity index (χ0n) is 11.5. The van der Waals surface area contributed by atoms with E-state index in [2.05, 4.69) is 5.32 Å². The number of hydrogen-bond acceptors (Lipinski definition) is 3. The fourth-order valence-corrected chi connectivity index (χ4v) is 2.46. The molecular formula is C16H16N2O3. The number of likely N-dealkylation sites (tertiary alicyclic amines) is 1. The quantitative estimate of drug-likeness (QED) is 0.936. The van der Waals surface area contributed by atoms with E-state index in [1.807, 2.05) is 36.4 Å². The van der Waals surface area contributed by atoms with Crippen LogP contribution in [0.25, 0.3) is 0 Å². The van der Waals surface area contributed by atoms with Crippen LogP contribution >= 0.6 is 0 Å². The molecule has 0 spiro atoms. The summed E-state index contributed by atoms with van der Waals surface area (Å²) in [6.45, 7) is 0.846. The summed E-state index contributed by atoms with van der Waals surface area (Å²) in [7, 11) is 0. The van der Waals surface area contributed by atoms with Gasteiger partial charge in [0.15, 0.2) is 0 Å². The molecule has 1 aromatic heterocycles. The molecular weight excluding hydrogens is 268 g/mol. The molecule has 1 aliphatic heterocycles. The highest BCUT2D eigenvalue weighted by atomic mass is 16.3. The highest BCUT2D eigenvalue weighted by molar-refractivity contribution is 5.97. The Bertz CT molecular complexity index is 622. The summed E-state index contributed by atoms with van der Waals surface area (Å²) in [5.74, 6) is 0.288. The van der Waals surface area contributed by atoms with E-state index in [4.69, 9.17) is 4.42 Å². The molecule has 0 saturated carbocycles. The topological polar surface area (TPSA) is 62.6 Å². The highest BCUT2D eigenvalue weighted by Crippen LogP contribution is 2.22. The maximum Gasteiger partial charge on any atom is 0.229 e. The van der Waals surface area contributed by atoms with Crippen molar-refractivity contribution in [1.82, 2.24) is 4.90 Å². The Morgan fingerprint density at radius 2 is 2.05 bits per heavy atom. The van der Waals surface area contributed by atoms with Crippen LogP contribution in [0.2, 0.25) is 0 Å². The van der Waals surface area contributed by atoms with E-state index in [-0.39, 0.29) is 24.2 Å². The van der Waals surface area contributed by atoms with Crippen molar-refractivity contribution in [3.05, 3.63) is 54.5 Å². The van der Waals surface area contributed by atoms with Crippen molar-refractivity contribution in [3.63, 3.8) is 0 Å². The number of furan rings is 1. The zero-order chi connectivity index (χ0) is 14.7. The summed E-state index contributed by atoms with van der Waals surface area (Å²) < 4.78 is 5.24. The maximum atomic E-state index is 12.2. The van der Waals surface area contributed by atoms with Crippen LogP contribution in [0.15, 0.2) is 53.1 Å². The Labute approximate surface area is 122 Å². The molecule has 108 valence electrons. The number of para-hydroxylation sites is 1. The van der Waals surface area contributed by atoms with Crippen LogP contribution < -0.4 is 5.32 Å². The lowest BCUT2D eigenvalue weighted by Crippen LogP contribution is -2.27. The lowest BCUT2D eigenvalue weighted by molar-refractivity contribution is -0.128. The Morgan fingerprint density at radius 1 is 1.24 bits per heavy atom. The minimum Gasteiger partial charge on any atom is -0.467 e. The van der Waals surface area contributed by atoms with Gasteiger partial charge in [0.2, 0.25) is 11.8 Å². The molecule has 1 N–H and O–H groups in total. The Kier molecular flexibility index (Phi) is 3.73. The second-order valence-corrected chi connectivity index (χ2v) is 5.11. The average molecular weight is 284 g/mol. The molecule has 2 aromatic rings. The first-order valence-electron chi connectivity index (χ1n) is 6.88. The summed E-state index contributed by atoms with van der Waals surface area (Å²) in [6, 6.07) is 12.9. The lowest BCUT2D eigenvalue weighted by Gasteiger charge is -2.15. The first-order valence-corrected chi connectivity index (χ1v) is 6.88. The van der Waals surface area contributed by atoms with E-state index in [0.717, 1.165) is 11.4 Å². The van der Waals surface area contributed by atoms with Gasteiger partial charge in [0.25, 0.3) is 0 Å². The van der Waals surface area contributed by atoms with E-state index in [1.165, 1.54) is 0 Å². The zero-order valence-corrected chi connectivity index (χ0v) is 11.5. The van der Waals surface area contributed by atoms with E-state index in [9.17, 15) is 9.59 Å². The summed E-state index contributed by atoms with van der Waals surface area (Å²) in [5.41, 5.74) is 0.749. The number of anilines is 1. The average Bonchev–Trinajstić information content (AvgIpc) is 3.11. The van der Waals surface area contributed by atoms with Crippen molar-refractivity contribution in [3.8, 4) is 0 Å². The molecule has 1 atom stereocenters. The van der Waals surface area contributed by atoms with Crippen LogP contribution in [0.3, 0.4) is 0 Å². The maximum absolute atomic E-state index is 12.2. The molecule has 5 heteroatoms. The van der Waals surface area contributed by atoms with Gasteiger partial charge in [0.05, 0.1) is 18.7 Å². The second kappa shape index (κ2) is 5.83. The third kappa shape index (κ3) is 3.13. The number of nitrogens with zero attached hydrogens (tertiary/aromatic N) is 1. The molecule has 1 aliphatic rings. The molecule has 5 nitrogen and oxygen atoms in total. The molecule has 0 bridgehead atoms. The molecule has 21 heavy (non-hydrogen) atoms. The summed E-state index contributed by atoms with van der Waals surface area (Å²) >= 11 is 0. The van der Waals surface area contributed by atoms with Gasteiger partial charge >= 0.3 is 0 Å². The van der Waals surface area contributed by atoms with Crippen LogP contribution in [0.4, 0.5) is 5.69 Å². The van der Waals surface area contributed by atoms with Crippen LogP contribution in [0, 0.1) is 5.92 Å². The molecule has 1 fully saturated rings. The SMILES string of the molecule is O=C(Nc1ccccc1)[C@H]1CC(=O)N(Cc2ccco2)C1. The largest absolute Gasteiger partial charge is 0.467 e. The molecule has 1 aromatic carbocycles. The fraction of sp³-hybridized carbons (Fsp3) is 0.250. The third-order valence-corrected chi connectivity index (χ3v) is 3.55. The molecule has 1 saturated heterocycles. The molecule has 0 radical (unpaired) electrons. The lowest BCUT2D eigenvalue weighted by atomic mass is 10.1. The van der Waals surface area contributed by atoms with Gasteiger partial charge in [0, 0.05) is 18.7 Å². The normalized spacial score (nSPS) is 18.0. The second-order valence-electron chi connectivity index (χ2n) is 5.11. The monoisotopic (exact) mass is 284 g/mol. The number of nitrogens with one attached hydrogen (secondary N) is 1. The van der Waals surface area contributed by atoms with Crippen molar-refractivity contribution in [2.45, 2.75) is 13.0 Å². The van der Waals surface area contributed by atoms with Crippen LogP contribution in [0.5, 0.6) is 0 Å². The minimum atomic E-state index is -0.312. The van der Waals surface area contributed by atoms with Crippen LogP contribution in [-0.4, -0.2) is 23.3 Å². The summed E-state index contributed by atoms with van der Waals surface area (Å²) in [6.07, 6.45) is 1.83. The Balaban J connectivity index is 1.60. The molecule has 2 heterocycles. The van der Waals surface area contributed by atoms with E-state index in [0.29, 0.717) is 13.1 Å². The van der Waals surface area contributed by atoms with Gasteiger partial charge in [-0.15, -0.1) is 0 Å². The van der Waals surface area contributed by atoms with Crippen molar-refractivity contribution >= 4 is 17.5 Å². The predicted molar refractivity (Wildman–Crippen MR) is 77.3 cm³/mol. The van der Waals surface area contributed by atoms with Crippen molar-refractivity contribution in [2.24, 2.45) is 5.92 Å². The number of carbonyl (C=O) groups excluding carboxylic acids is 2. The van der Waals surface area contributed by atoms with Gasteiger partial charge in [-0.3, -0.25) is 9.59 Å². The summed E-state index contributed by atoms with van der Waals surface area (Å²) in [5, 5.41) is 2.84. The van der Waals surface area contributed by atoms with Gasteiger partial charge < -0.3 is 14.6 Å². The van der Waals surface area contributed by atoms with Gasteiger partial charge in [-0.1, -0.05) is 18.2 Å². The number of carbonyl (C=O) groups is 2. The van der Waals surface area contributed by atoms with Gasteiger partial charge in [0.1, 0.15) is 5.76 Å². The van der Waals surface area contributed by atoms with Gasteiger partial charge in [-0.05, 0) is 24.3 Å². The van der Waals surface area contributed by atoms with Crippen molar-refractivity contribution in [1.29, 1.82) is 0 Å². The van der Waals surface area contributed by atoms with E-state index in [1.54, 1.807) is 17.2 Å². The third-order valence-electron chi connectivity index (χ3n) is 3.55. The summed E-state index contributed by atoms with van der Waals surface area (Å²) in [4.78, 5) is 25.8. The number of benzene rings is 1. The van der Waals surface area contributed by atoms with Crippen molar-refractivity contribution in [2.75, 3.05) is 11.9 Å². The van der Waals surface area contributed by atoms with E-state index >= 15 is 0 Å². The Morgan fingerprint density at radius 3 is 2.76 bits per heavy atom. The molecule has 0 aliphatic carbocycles. The first-order chi connectivity index (χ1) is 10.2.